The summed E-state index contributed by atoms with van der Waals surface area (Å²) in [7, 11) is 6.13. The van der Waals surface area contributed by atoms with Gasteiger partial charge in [-0.3, -0.25) is 4.90 Å². The Morgan fingerprint density at radius 1 is 1.47 bits per heavy atom. The van der Waals surface area contributed by atoms with E-state index in [1.54, 1.807) is 0 Å². The summed E-state index contributed by atoms with van der Waals surface area (Å²) >= 11 is 0. The summed E-state index contributed by atoms with van der Waals surface area (Å²) in [6.07, 6.45) is 0.262. The van der Waals surface area contributed by atoms with Crippen LogP contribution in [0.4, 0.5) is 0 Å². The molecule has 1 saturated heterocycles. The van der Waals surface area contributed by atoms with Crippen LogP contribution in [0.25, 0.3) is 0 Å². The van der Waals surface area contributed by atoms with Crippen molar-refractivity contribution >= 4 is 0 Å². The van der Waals surface area contributed by atoms with Crippen LogP contribution in [-0.4, -0.2) is 63.3 Å². The van der Waals surface area contributed by atoms with E-state index in [4.69, 9.17) is 10.00 Å². The van der Waals surface area contributed by atoms with E-state index in [0.717, 1.165) is 19.7 Å². The molecule has 2 unspecified atom stereocenters. The van der Waals surface area contributed by atoms with Crippen molar-refractivity contribution in [2.45, 2.75) is 13.0 Å². The molecular weight excluding hydrogens is 190 g/mol. The van der Waals surface area contributed by atoms with Crippen molar-refractivity contribution in [2.75, 3.05) is 47.4 Å². The molecule has 1 fully saturated rings. The van der Waals surface area contributed by atoms with Gasteiger partial charge in [0, 0.05) is 18.5 Å². The molecule has 1 rings (SSSR count). The molecule has 0 bridgehead atoms. The number of likely N-dealkylation sites (N-methyl/N-ethyl adjacent to an activating group) is 1. The minimum absolute atomic E-state index is 0.243. The third-order valence-corrected chi connectivity index (χ3v) is 2.89. The average Bonchev–Trinajstić information content (AvgIpc) is 2.12. The van der Waals surface area contributed by atoms with Crippen molar-refractivity contribution < 1.29 is 4.74 Å². The van der Waals surface area contributed by atoms with E-state index in [9.17, 15) is 0 Å². The number of ether oxygens (including phenoxy) is 1. The van der Waals surface area contributed by atoms with E-state index in [1.807, 2.05) is 11.9 Å². The van der Waals surface area contributed by atoms with Gasteiger partial charge < -0.3 is 9.64 Å². The van der Waals surface area contributed by atoms with Gasteiger partial charge in [-0.1, -0.05) is 6.92 Å². The van der Waals surface area contributed by atoms with Crippen LogP contribution in [0.1, 0.15) is 6.92 Å². The highest BCUT2D eigenvalue weighted by molar-refractivity contribution is 4.94. The molecule has 2 atom stereocenters. The number of hydrogen-bond acceptors (Lipinski definition) is 4. The summed E-state index contributed by atoms with van der Waals surface area (Å²) in [5.74, 6) is 0. The van der Waals surface area contributed by atoms with E-state index < -0.39 is 0 Å². The Balaban J connectivity index is 2.40. The molecule has 1 aliphatic heterocycles. The SMILES string of the molecule is CN(C)CC1(C)COC1CN(C)CC#N. The lowest BCUT2D eigenvalue weighted by Crippen LogP contribution is -2.58. The predicted molar refractivity (Wildman–Crippen MR) is 59.5 cm³/mol. The Hall–Kier alpha value is -0.630. The summed E-state index contributed by atoms with van der Waals surface area (Å²) in [4.78, 5) is 4.21. The van der Waals surface area contributed by atoms with E-state index in [2.05, 4.69) is 32.0 Å². The summed E-state index contributed by atoms with van der Waals surface area (Å²) in [5.41, 5.74) is 0.243. The largest absolute Gasteiger partial charge is 0.375 e. The van der Waals surface area contributed by atoms with E-state index >= 15 is 0 Å². The monoisotopic (exact) mass is 211 g/mol. The Bertz CT molecular complexity index is 249. The molecular formula is C11H21N3O. The van der Waals surface area contributed by atoms with Crippen molar-refractivity contribution in [3.63, 3.8) is 0 Å². The van der Waals surface area contributed by atoms with Crippen LogP contribution < -0.4 is 0 Å². The third-order valence-electron chi connectivity index (χ3n) is 2.89. The maximum absolute atomic E-state index is 8.58. The Morgan fingerprint density at radius 2 is 2.13 bits per heavy atom. The van der Waals surface area contributed by atoms with Crippen molar-refractivity contribution in [3.05, 3.63) is 0 Å². The van der Waals surface area contributed by atoms with Gasteiger partial charge in [0.1, 0.15) is 0 Å². The highest BCUT2D eigenvalue weighted by Crippen LogP contribution is 2.35. The molecule has 4 heteroatoms. The van der Waals surface area contributed by atoms with Crippen molar-refractivity contribution in [3.8, 4) is 6.07 Å². The Labute approximate surface area is 92.4 Å². The van der Waals surface area contributed by atoms with Gasteiger partial charge in [0.15, 0.2) is 0 Å². The van der Waals surface area contributed by atoms with Crippen LogP contribution in [0.5, 0.6) is 0 Å². The van der Waals surface area contributed by atoms with Gasteiger partial charge in [0.05, 0.1) is 25.3 Å². The van der Waals surface area contributed by atoms with Gasteiger partial charge in [-0.2, -0.15) is 5.26 Å². The number of rotatable bonds is 5. The third kappa shape index (κ3) is 3.16. The van der Waals surface area contributed by atoms with E-state index in [0.29, 0.717) is 6.54 Å². The van der Waals surface area contributed by atoms with Crippen LogP contribution >= 0.6 is 0 Å². The molecule has 0 aromatic carbocycles. The second-order valence-electron chi connectivity index (χ2n) is 5.05. The van der Waals surface area contributed by atoms with Crippen LogP contribution in [0.15, 0.2) is 0 Å². The fourth-order valence-electron chi connectivity index (χ4n) is 2.10. The average molecular weight is 211 g/mol. The van der Waals surface area contributed by atoms with Gasteiger partial charge in [0.25, 0.3) is 0 Å². The standard InChI is InChI=1S/C11H21N3O/c1-11(8-13(2)3)9-15-10(11)7-14(4)6-5-12/h10H,6-9H2,1-4H3. The number of hydrogen-bond donors (Lipinski definition) is 0. The number of nitrogens with zero attached hydrogens (tertiary/aromatic N) is 3. The Morgan fingerprint density at radius 3 is 2.53 bits per heavy atom. The minimum Gasteiger partial charge on any atom is -0.375 e. The first kappa shape index (κ1) is 12.4. The van der Waals surface area contributed by atoms with Crippen LogP contribution in [0.2, 0.25) is 0 Å². The fourth-order valence-corrected chi connectivity index (χ4v) is 2.10. The zero-order chi connectivity index (χ0) is 11.5. The topological polar surface area (TPSA) is 39.5 Å². The van der Waals surface area contributed by atoms with Crippen LogP contribution in [-0.2, 0) is 4.74 Å². The van der Waals surface area contributed by atoms with Crippen LogP contribution in [0, 0.1) is 16.7 Å². The molecule has 0 spiro atoms. The van der Waals surface area contributed by atoms with Gasteiger partial charge in [-0.05, 0) is 21.1 Å². The number of nitriles is 1. The lowest BCUT2D eigenvalue weighted by Gasteiger charge is -2.49. The second kappa shape index (κ2) is 4.93. The van der Waals surface area contributed by atoms with E-state index in [-0.39, 0.29) is 11.5 Å². The molecule has 0 amide bonds. The van der Waals surface area contributed by atoms with Gasteiger partial charge in [0.2, 0.25) is 0 Å². The molecule has 1 heterocycles. The summed E-state index contributed by atoms with van der Waals surface area (Å²) in [5, 5.41) is 8.58. The molecule has 0 N–H and O–H groups in total. The maximum atomic E-state index is 8.58. The lowest BCUT2D eigenvalue weighted by molar-refractivity contribution is -0.189. The molecule has 4 nitrogen and oxygen atoms in total. The van der Waals surface area contributed by atoms with Gasteiger partial charge in [-0.25, -0.2) is 0 Å². The predicted octanol–water partition coefficient (Wildman–Crippen LogP) is 0.408. The van der Waals surface area contributed by atoms with Crippen LogP contribution in [0.3, 0.4) is 0 Å². The Kier molecular flexibility index (Phi) is 4.09. The van der Waals surface area contributed by atoms with Crippen molar-refractivity contribution in [2.24, 2.45) is 5.41 Å². The molecule has 0 radical (unpaired) electrons. The maximum Gasteiger partial charge on any atom is 0.0864 e. The summed E-state index contributed by atoms with van der Waals surface area (Å²) < 4.78 is 5.59. The van der Waals surface area contributed by atoms with E-state index in [1.165, 1.54) is 0 Å². The molecule has 86 valence electrons. The van der Waals surface area contributed by atoms with Crippen molar-refractivity contribution in [1.82, 2.24) is 9.80 Å². The van der Waals surface area contributed by atoms with Gasteiger partial charge >= 0.3 is 0 Å². The minimum atomic E-state index is 0.243. The lowest BCUT2D eigenvalue weighted by atomic mass is 9.79. The molecule has 0 aromatic heterocycles. The fraction of sp³-hybridized carbons (Fsp3) is 0.909. The molecule has 1 aliphatic rings. The first-order valence-corrected chi connectivity index (χ1v) is 5.30. The van der Waals surface area contributed by atoms with Gasteiger partial charge in [-0.15, -0.1) is 0 Å². The zero-order valence-electron chi connectivity index (χ0n) is 10.2. The summed E-state index contributed by atoms with van der Waals surface area (Å²) in [6.45, 7) is 5.44. The first-order valence-electron chi connectivity index (χ1n) is 5.30. The quantitative estimate of drug-likeness (QED) is 0.617. The first-order chi connectivity index (χ1) is 6.98. The normalized spacial score (nSPS) is 30.3. The molecule has 0 aliphatic carbocycles. The molecule has 0 aromatic rings. The van der Waals surface area contributed by atoms with Crippen molar-refractivity contribution in [1.29, 1.82) is 5.26 Å². The highest BCUT2D eigenvalue weighted by Gasteiger charge is 2.44. The smallest absolute Gasteiger partial charge is 0.0864 e. The molecule has 15 heavy (non-hydrogen) atoms. The second-order valence-corrected chi connectivity index (χ2v) is 5.05. The summed E-state index contributed by atoms with van der Waals surface area (Å²) in [6, 6.07) is 2.15. The zero-order valence-corrected chi connectivity index (χ0v) is 10.2. The highest BCUT2D eigenvalue weighted by atomic mass is 16.5. The molecule has 0 saturated carbocycles.